The number of nitrogens with zero attached hydrogens (tertiary/aromatic N) is 1. The third-order valence-corrected chi connectivity index (χ3v) is 6.70. The molecule has 6 nitrogen and oxygen atoms in total. The largest absolute Gasteiger partial charge is 0.496 e. The van der Waals surface area contributed by atoms with Crippen molar-refractivity contribution in [3.63, 3.8) is 0 Å². The summed E-state index contributed by atoms with van der Waals surface area (Å²) in [5, 5.41) is 3.27. The summed E-state index contributed by atoms with van der Waals surface area (Å²) in [5.41, 5.74) is 1.55. The van der Waals surface area contributed by atoms with Gasteiger partial charge in [0, 0.05) is 23.8 Å². The number of hydrogen-bond acceptors (Lipinski definition) is 4. The summed E-state index contributed by atoms with van der Waals surface area (Å²) in [6, 6.07) is 9.50. The van der Waals surface area contributed by atoms with Gasteiger partial charge >= 0.3 is 0 Å². The van der Waals surface area contributed by atoms with Crippen LogP contribution in [0.25, 0.3) is 0 Å². The Morgan fingerprint density at radius 2 is 1.85 bits per heavy atom. The Kier molecular flexibility index (Phi) is 5.74. The lowest BCUT2D eigenvalue weighted by Gasteiger charge is -2.17. The molecule has 144 valence electrons. The van der Waals surface area contributed by atoms with Crippen molar-refractivity contribution in [2.45, 2.75) is 24.7 Å². The van der Waals surface area contributed by atoms with Gasteiger partial charge in [0.05, 0.1) is 17.6 Å². The fourth-order valence-corrected chi connectivity index (χ4v) is 4.74. The van der Waals surface area contributed by atoms with Crippen LogP contribution in [0.1, 0.15) is 28.8 Å². The third-order valence-electron chi connectivity index (χ3n) is 4.57. The lowest BCUT2D eigenvalue weighted by molar-refractivity contribution is 0.102. The number of hydrogen-bond donors (Lipinski definition) is 1. The van der Waals surface area contributed by atoms with Crippen LogP contribution in [0.3, 0.4) is 0 Å². The summed E-state index contributed by atoms with van der Waals surface area (Å²) in [5.74, 6) is -0.164. The first-order valence-electron chi connectivity index (χ1n) is 8.58. The number of aryl methyl sites for hydroxylation is 1. The van der Waals surface area contributed by atoms with Crippen LogP contribution in [0.4, 0.5) is 5.69 Å². The summed E-state index contributed by atoms with van der Waals surface area (Å²) in [6.45, 7) is 2.84. The van der Waals surface area contributed by atoms with Crippen molar-refractivity contribution in [2.75, 3.05) is 25.5 Å². The SMILES string of the molecule is COc1ccc(S(=O)(=O)N2CCCC2)cc1C(=O)Nc1cc(Cl)ccc1C. The molecule has 2 aromatic carbocycles. The molecule has 1 amide bonds. The first-order chi connectivity index (χ1) is 12.8. The summed E-state index contributed by atoms with van der Waals surface area (Å²) >= 11 is 6.00. The van der Waals surface area contributed by atoms with E-state index in [0.717, 1.165) is 18.4 Å². The normalized spacial score (nSPS) is 14.9. The van der Waals surface area contributed by atoms with Crippen molar-refractivity contribution in [2.24, 2.45) is 0 Å². The molecule has 0 radical (unpaired) electrons. The standard InChI is InChI=1S/C19H21ClN2O4S/c1-13-5-6-14(20)11-17(13)21-19(23)16-12-15(7-8-18(16)26-2)27(24,25)22-9-3-4-10-22/h5-8,11-12H,3-4,9-10H2,1-2H3,(H,21,23). The second-order valence-corrected chi connectivity index (χ2v) is 8.76. The molecule has 3 rings (SSSR count). The van der Waals surface area contributed by atoms with Crippen molar-refractivity contribution in [1.29, 1.82) is 0 Å². The number of carbonyl (C=O) groups excluding carboxylic acids is 1. The fourth-order valence-electron chi connectivity index (χ4n) is 3.02. The number of carbonyl (C=O) groups is 1. The summed E-state index contributed by atoms with van der Waals surface area (Å²) in [4.78, 5) is 12.9. The lowest BCUT2D eigenvalue weighted by atomic mass is 10.1. The zero-order chi connectivity index (χ0) is 19.6. The van der Waals surface area contributed by atoms with Crippen LogP contribution in [0.2, 0.25) is 5.02 Å². The van der Waals surface area contributed by atoms with Crippen molar-refractivity contribution < 1.29 is 17.9 Å². The Bertz CT molecular complexity index is 970. The van der Waals surface area contributed by atoms with E-state index in [2.05, 4.69) is 5.32 Å². The molecule has 0 bridgehead atoms. The Balaban J connectivity index is 1.96. The number of methoxy groups -OCH3 is 1. The molecule has 0 atom stereocenters. The number of halogens is 1. The first-order valence-corrected chi connectivity index (χ1v) is 10.4. The van der Waals surface area contributed by atoms with Gasteiger partial charge in [-0.15, -0.1) is 0 Å². The van der Waals surface area contributed by atoms with Crippen LogP contribution < -0.4 is 10.1 Å². The van der Waals surface area contributed by atoms with Crippen LogP contribution in [-0.4, -0.2) is 38.8 Å². The highest BCUT2D eigenvalue weighted by atomic mass is 35.5. The van der Waals surface area contributed by atoms with E-state index in [-0.39, 0.29) is 10.5 Å². The van der Waals surface area contributed by atoms with Crippen LogP contribution in [0.5, 0.6) is 5.75 Å². The summed E-state index contributed by atoms with van der Waals surface area (Å²) in [6.07, 6.45) is 1.69. The molecular weight excluding hydrogens is 388 g/mol. The highest BCUT2D eigenvalue weighted by Crippen LogP contribution is 2.28. The van der Waals surface area contributed by atoms with E-state index >= 15 is 0 Å². The van der Waals surface area contributed by atoms with Crippen molar-refractivity contribution in [1.82, 2.24) is 4.31 Å². The molecule has 1 aliphatic rings. The minimum absolute atomic E-state index is 0.0816. The van der Waals surface area contributed by atoms with E-state index in [4.69, 9.17) is 16.3 Å². The van der Waals surface area contributed by atoms with Gasteiger partial charge in [0.15, 0.2) is 0 Å². The molecule has 0 unspecified atom stereocenters. The molecule has 1 heterocycles. The van der Waals surface area contributed by atoms with Crippen LogP contribution >= 0.6 is 11.6 Å². The summed E-state index contributed by atoms with van der Waals surface area (Å²) in [7, 11) is -2.19. The molecule has 0 saturated carbocycles. The van der Waals surface area contributed by atoms with Gasteiger partial charge in [-0.3, -0.25) is 4.79 Å². The zero-order valence-electron chi connectivity index (χ0n) is 15.2. The molecule has 0 aromatic heterocycles. The molecule has 0 aliphatic carbocycles. The molecule has 1 saturated heterocycles. The highest BCUT2D eigenvalue weighted by molar-refractivity contribution is 7.89. The van der Waals surface area contributed by atoms with E-state index in [1.54, 1.807) is 18.2 Å². The van der Waals surface area contributed by atoms with Gasteiger partial charge in [-0.2, -0.15) is 4.31 Å². The maximum Gasteiger partial charge on any atom is 0.259 e. The average Bonchev–Trinajstić information content (AvgIpc) is 3.19. The molecule has 27 heavy (non-hydrogen) atoms. The number of nitrogens with one attached hydrogen (secondary N) is 1. The van der Waals surface area contributed by atoms with E-state index in [9.17, 15) is 13.2 Å². The monoisotopic (exact) mass is 408 g/mol. The van der Waals surface area contributed by atoms with E-state index in [0.29, 0.717) is 29.5 Å². The Morgan fingerprint density at radius 3 is 2.52 bits per heavy atom. The zero-order valence-corrected chi connectivity index (χ0v) is 16.7. The van der Waals surface area contributed by atoms with Gasteiger partial charge in [-0.05, 0) is 55.7 Å². The number of ether oxygens (including phenoxy) is 1. The Labute approximate surface area is 164 Å². The van der Waals surface area contributed by atoms with Crippen LogP contribution in [0, 0.1) is 6.92 Å². The number of benzene rings is 2. The molecule has 2 aromatic rings. The Morgan fingerprint density at radius 1 is 1.15 bits per heavy atom. The predicted octanol–water partition coefficient (Wildman–Crippen LogP) is 3.69. The van der Waals surface area contributed by atoms with E-state index in [1.807, 2.05) is 6.92 Å². The maximum absolute atomic E-state index is 12.8. The van der Waals surface area contributed by atoms with Crippen molar-refractivity contribution in [3.8, 4) is 5.75 Å². The predicted molar refractivity (Wildman–Crippen MR) is 105 cm³/mol. The van der Waals surface area contributed by atoms with Gasteiger partial charge in [0.1, 0.15) is 5.75 Å². The van der Waals surface area contributed by atoms with E-state index < -0.39 is 15.9 Å². The maximum atomic E-state index is 12.8. The smallest absolute Gasteiger partial charge is 0.259 e. The number of rotatable bonds is 5. The quantitative estimate of drug-likeness (QED) is 0.818. The second kappa shape index (κ2) is 7.88. The fraction of sp³-hybridized carbons (Fsp3) is 0.316. The molecule has 1 aliphatic heterocycles. The number of anilines is 1. The average molecular weight is 409 g/mol. The summed E-state index contributed by atoms with van der Waals surface area (Å²) < 4.78 is 32.3. The Hall–Kier alpha value is -2.09. The van der Waals surface area contributed by atoms with E-state index in [1.165, 1.54) is 29.6 Å². The first kappa shape index (κ1) is 19.7. The molecular formula is C19H21ClN2O4S. The minimum atomic E-state index is -3.63. The van der Waals surface area contributed by atoms with Gasteiger partial charge in [-0.1, -0.05) is 17.7 Å². The topological polar surface area (TPSA) is 75.7 Å². The van der Waals surface area contributed by atoms with Crippen molar-refractivity contribution >= 4 is 33.2 Å². The number of sulfonamides is 1. The minimum Gasteiger partial charge on any atom is -0.496 e. The lowest BCUT2D eigenvalue weighted by Crippen LogP contribution is -2.28. The van der Waals surface area contributed by atoms with Gasteiger partial charge in [0.25, 0.3) is 5.91 Å². The third kappa shape index (κ3) is 4.10. The molecule has 0 spiro atoms. The number of amides is 1. The van der Waals surface area contributed by atoms with Crippen LogP contribution in [0.15, 0.2) is 41.3 Å². The highest BCUT2D eigenvalue weighted by Gasteiger charge is 2.28. The van der Waals surface area contributed by atoms with Crippen LogP contribution in [-0.2, 0) is 10.0 Å². The van der Waals surface area contributed by atoms with Gasteiger partial charge in [0.2, 0.25) is 10.0 Å². The molecule has 1 N–H and O–H groups in total. The van der Waals surface area contributed by atoms with Gasteiger partial charge in [-0.25, -0.2) is 8.42 Å². The molecule has 1 fully saturated rings. The molecule has 8 heteroatoms. The second-order valence-electron chi connectivity index (χ2n) is 6.39. The van der Waals surface area contributed by atoms with Crippen molar-refractivity contribution in [3.05, 3.63) is 52.5 Å². The van der Waals surface area contributed by atoms with Gasteiger partial charge < -0.3 is 10.1 Å².